The summed E-state index contributed by atoms with van der Waals surface area (Å²) in [5.41, 5.74) is 0.724. The summed E-state index contributed by atoms with van der Waals surface area (Å²) in [6, 6.07) is 5.64. The van der Waals surface area contributed by atoms with Gasteiger partial charge in [0.25, 0.3) is 11.8 Å². The van der Waals surface area contributed by atoms with Gasteiger partial charge in [-0.2, -0.15) is 0 Å². The van der Waals surface area contributed by atoms with Crippen LogP contribution in [0.15, 0.2) is 24.5 Å². The molecule has 2 N–H and O–H groups in total. The number of carbonyl (C=O) groups is 3. The molecular formula is C25H31N5O4. The van der Waals surface area contributed by atoms with E-state index in [2.05, 4.69) is 15.6 Å². The van der Waals surface area contributed by atoms with Gasteiger partial charge in [-0.3, -0.25) is 14.4 Å². The molecule has 0 saturated heterocycles. The van der Waals surface area contributed by atoms with E-state index in [1.807, 2.05) is 26.0 Å². The van der Waals surface area contributed by atoms with Crippen molar-refractivity contribution in [3.8, 4) is 5.75 Å². The molecule has 0 bridgehead atoms. The predicted molar refractivity (Wildman–Crippen MR) is 126 cm³/mol. The number of imidazole rings is 1. The zero-order valence-corrected chi connectivity index (χ0v) is 19.9. The molecule has 9 heteroatoms. The fourth-order valence-corrected chi connectivity index (χ4v) is 5.23. The van der Waals surface area contributed by atoms with Crippen LogP contribution >= 0.6 is 0 Å². The summed E-state index contributed by atoms with van der Waals surface area (Å²) in [5.74, 6) is -0.416. The van der Waals surface area contributed by atoms with E-state index in [-0.39, 0.29) is 41.8 Å². The van der Waals surface area contributed by atoms with Crippen molar-refractivity contribution < 1.29 is 19.1 Å². The standard InChI is InChI=1S/C25H31N5O4/c1-15-8-11-19(34-3)18(12-15)28-22(31)20-21-23(32)30(17-9-10-17)25(2,13-29(21)14-26-20)24(33)27-16-6-4-5-7-16/h8,11-12,14,16-17H,4-7,9-10,13H2,1-3H3,(H,27,33)(H,28,31). The number of hydrogen-bond acceptors (Lipinski definition) is 5. The first-order valence-electron chi connectivity index (χ1n) is 12.0. The second-order valence-electron chi connectivity index (χ2n) is 9.86. The van der Waals surface area contributed by atoms with Crippen molar-refractivity contribution in [3.05, 3.63) is 41.5 Å². The molecular weight excluding hydrogens is 434 g/mol. The molecule has 34 heavy (non-hydrogen) atoms. The van der Waals surface area contributed by atoms with Gasteiger partial charge >= 0.3 is 0 Å². The highest BCUT2D eigenvalue weighted by Gasteiger charge is 2.54. The highest BCUT2D eigenvalue weighted by Crippen LogP contribution is 2.39. The van der Waals surface area contributed by atoms with Gasteiger partial charge in [0.15, 0.2) is 5.69 Å². The van der Waals surface area contributed by atoms with Gasteiger partial charge in [0, 0.05) is 12.1 Å². The number of aryl methyl sites for hydroxylation is 1. The number of amides is 3. The van der Waals surface area contributed by atoms with Gasteiger partial charge in [0.1, 0.15) is 17.0 Å². The van der Waals surface area contributed by atoms with Crippen LogP contribution in [0.25, 0.3) is 0 Å². The number of ether oxygens (including phenoxy) is 1. The topological polar surface area (TPSA) is 106 Å². The Hall–Kier alpha value is -3.36. The number of rotatable bonds is 6. The molecule has 3 aliphatic rings. The Labute approximate surface area is 198 Å². The molecule has 1 aromatic carbocycles. The zero-order valence-electron chi connectivity index (χ0n) is 19.9. The Morgan fingerprint density at radius 2 is 1.91 bits per heavy atom. The molecule has 2 aliphatic carbocycles. The summed E-state index contributed by atoms with van der Waals surface area (Å²) < 4.78 is 7.01. The van der Waals surface area contributed by atoms with Crippen LogP contribution in [0, 0.1) is 6.92 Å². The van der Waals surface area contributed by atoms with Crippen LogP contribution in [0.4, 0.5) is 5.69 Å². The third-order valence-electron chi connectivity index (χ3n) is 7.18. The van der Waals surface area contributed by atoms with Gasteiger partial charge in [-0.15, -0.1) is 0 Å². The third kappa shape index (κ3) is 3.82. The van der Waals surface area contributed by atoms with Crippen LogP contribution in [-0.4, -0.2) is 56.9 Å². The molecule has 2 fully saturated rings. The van der Waals surface area contributed by atoms with Crippen molar-refractivity contribution in [1.82, 2.24) is 19.8 Å². The van der Waals surface area contributed by atoms with Crippen molar-refractivity contribution in [2.24, 2.45) is 0 Å². The molecule has 3 amide bonds. The maximum atomic E-state index is 13.8. The van der Waals surface area contributed by atoms with Gasteiger partial charge in [-0.1, -0.05) is 18.9 Å². The Morgan fingerprint density at radius 3 is 2.59 bits per heavy atom. The predicted octanol–water partition coefficient (Wildman–Crippen LogP) is 2.89. The molecule has 1 aromatic heterocycles. The minimum atomic E-state index is -1.03. The molecule has 0 spiro atoms. The quantitative estimate of drug-likeness (QED) is 0.683. The molecule has 9 nitrogen and oxygen atoms in total. The Bertz CT molecular complexity index is 1150. The van der Waals surface area contributed by atoms with Gasteiger partial charge in [-0.25, -0.2) is 4.98 Å². The van der Waals surface area contributed by atoms with E-state index in [0.29, 0.717) is 11.4 Å². The largest absolute Gasteiger partial charge is 0.495 e. The summed E-state index contributed by atoms with van der Waals surface area (Å²) in [5, 5.41) is 6.01. The van der Waals surface area contributed by atoms with E-state index in [9.17, 15) is 14.4 Å². The number of carbonyl (C=O) groups excluding carboxylic acids is 3. The van der Waals surface area contributed by atoms with E-state index in [0.717, 1.165) is 44.1 Å². The van der Waals surface area contributed by atoms with Gasteiger partial charge in [0.2, 0.25) is 5.91 Å². The van der Waals surface area contributed by atoms with Crippen molar-refractivity contribution in [2.75, 3.05) is 12.4 Å². The monoisotopic (exact) mass is 465 g/mol. The first kappa shape index (κ1) is 22.4. The average molecular weight is 466 g/mol. The van der Waals surface area contributed by atoms with Gasteiger partial charge in [0.05, 0.1) is 25.7 Å². The first-order valence-corrected chi connectivity index (χ1v) is 12.0. The van der Waals surface area contributed by atoms with Crippen LogP contribution in [-0.2, 0) is 11.3 Å². The molecule has 2 aromatic rings. The van der Waals surface area contributed by atoms with Crippen molar-refractivity contribution >= 4 is 23.4 Å². The van der Waals surface area contributed by atoms with Crippen LogP contribution in [0.1, 0.15) is 72.0 Å². The molecule has 1 atom stereocenters. The number of benzene rings is 1. The highest BCUT2D eigenvalue weighted by molar-refractivity contribution is 6.12. The van der Waals surface area contributed by atoms with Crippen molar-refractivity contribution in [3.63, 3.8) is 0 Å². The summed E-state index contributed by atoms with van der Waals surface area (Å²) in [6.45, 7) is 4.01. The van der Waals surface area contributed by atoms with E-state index < -0.39 is 11.4 Å². The Kier molecular flexibility index (Phi) is 5.58. The van der Waals surface area contributed by atoms with E-state index in [1.165, 1.54) is 13.4 Å². The Morgan fingerprint density at radius 1 is 1.18 bits per heavy atom. The molecule has 2 heterocycles. The maximum Gasteiger partial charge on any atom is 0.276 e. The lowest BCUT2D eigenvalue weighted by Gasteiger charge is -2.44. The summed E-state index contributed by atoms with van der Waals surface area (Å²) >= 11 is 0. The van der Waals surface area contributed by atoms with E-state index in [1.54, 1.807) is 15.5 Å². The molecule has 5 rings (SSSR count). The number of nitrogens with zero attached hydrogens (tertiary/aromatic N) is 3. The first-order chi connectivity index (χ1) is 16.3. The number of hydrogen-bond donors (Lipinski definition) is 2. The number of nitrogens with one attached hydrogen (secondary N) is 2. The highest BCUT2D eigenvalue weighted by atomic mass is 16.5. The Balaban J connectivity index is 1.45. The van der Waals surface area contributed by atoms with Crippen LogP contribution in [0.5, 0.6) is 5.75 Å². The van der Waals surface area contributed by atoms with Crippen molar-refractivity contribution in [2.45, 2.75) is 76.5 Å². The number of anilines is 1. The molecule has 180 valence electrons. The summed E-state index contributed by atoms with van der Waals surface area (Å²) in [4.78, 5) is 46.4. The second kappa shape index (κ2) is 8.45. The SMILES string of the molecule is COc1ccc(C)cc1NC(=O)c1ncn2c1C(=O)N(C1CC1)C(C)(C(=O)NC1CCCC1)C2. The second-order valence-corrected chi connectivity index (χ2v) is 9.86. The molecule has 1 unspecified atom stereocenters. The number of fused-ring (bicyclic) bond motifs is 1. The average Bonchev–Trinajstić information content (AvgIpc) is 3.31. The minimum absolute atomic E-state index is 0.00302. The molecule has 0 radical (unpaired) electrons. The van der Waals surface area contributed by atoms with E-state index in [4.69, 9.17) is 4.74 Å². The van der Waals surface area contributed by atoms with Crippen LogP contribution < -0.4 is 15.4 Å². The van der Waals surface area contributed by atoms with E-state index >= 15 is 0 Å². The summed E-state index contributed by atoms with van der Waals surface area (Å²) in [7, 11) is 1.54. The fraction of sp³-hybridized carbons (Fsp3) is 0.520. The third-order valence-corrected chi connectivity index (χ3v) is 7.18. The molecule has 2 saturated carbocycles. The van der Waals surface area contributed by atoms with Crippen LogP contribution in [0.2, 0.25) is 0 Å². The van der Waals surface area contributed by atoms with Gasteiger partial charge < -0.3 is 24.8 Å². The fourth-order valence-electron chi connectivity index (χ4n) is 5.23. The van der Waals surface area contributed by atoms with Crippen molar-refractivity contribution in [1.29, 1.82) is 0 Å². The maximum absolute atomic E-state index is 13.8. The lowest BCUT2D eigenvalue weighted by atomic mass is 9.93. The smallest absolute Gasteiger partial charge is 0.276 e. The number of methoxy groups -OCH3 is 1. The molecule has 1 aliphatic heterocycles. The minimum Gasteiger partial charge on any atom is -0.495 e. The van der Waals surface area contributed by atoms with Crippen LogP contribution in [0.3, 0.4) is 0 Å². The lowest BCUT2D eigenvalue weighted by molar-refractivity contribution is -0.134. The number of aromatic nitrogens is 2. The summed E-state index contributed by atoms with van der Waals surface area (Å²) in [6.07, 6.45) is 7.37. The van der Waals surface area contributed by atoms with Gasteiger partial charge in [-0.05, 0) is 57.2 Å². The normalized spacial score (nSPS) is 22.4. The lowest BCUT2D eigenvalue weighted by Crippen LogP contribution is -2.65. The zero-order chi connectivity index (χ0) is 24.0.